The topological polar surface area (TPSA) is 57.8 Å². The summed E-state index contributed by atoms with van der Waals surface area (Å²) >= 11 is 7.47. The van der Waals surface area contributed by atoms with Gasteiger partial charge in [-0.2, -0.15) is 0 Å². The summed E-state index contributed by atoms with van der Waals surface area (Å²) < 4.78 is 4.52. The van der Waals surface area contributed by atoms with Crippen molar-refractivity contribution >= 4 is 50.1 Å². The highest BCUT2D eigenvalue weighted by molar-refractivity contribution is 7.22. The number of thiophene rings is 1. The van der Waals surface area contributed by atoms with E-state index >= 15 is 0 Å². The zero-order valence-corrected chi connectivity index (χ0v) is 19.7. The molecule has 0 radical (unpaired) electrons. The molecule has 3 heterocycles. The van der Waals surface area contributed by atoms with Gasteiger partial charge in [-0.3, -0.25) is 14.3 Å². The Labute approximate surface area is 194 Å². The lowest BCUT2D eigenvalue weighted by atomic mass is 10.2. The minimum absolute atomic E-state index is 0.0648. The molecule has 5 aromatic rings. The molecule has 0 unspecified atom stereocenters. The van der Waals surface area contributed by atoms with Crippen LogP contribution in [-0.4, -0.2) is 28.6 Å². The number of H-pyrrole nitrogens is 1. The lowest BCUT2D eigenvalue weighted by Gasteiger charge is -2.07. The van der Waals surface area contributed by atoms with Crippen LogP contribution in [0.1, 0.15) is 13.3 Å². The van der Waals surface area contributed by atoms with Gasteiger partial charge < -0.3 is 0 Å². The van der Waals surface area contributed by atoms with E-state index in [0.717, 1.165) is 46.1 Å². The fourth-order valence-electron chi connectivity index (χ4n) is 3.96. The summed E-state index contributed by atoms with van der Waals surface area (Å²) in [5.74, 6) is 1.03. The molecule has 0 aliphatic rings. The second kappa shape index (κ2) is 8.07. The van der Waals surface area contributed by atoms with E-state index in [9.17, 15) is 4.79 Å². The van der Waals surface area contributed by atoms with Crippen LogP contribution >= 0.6 is 22.9 Å². The molecule has 0 aliphatic carbocycles. The Balaban J connectivity index is 1.64. The number of halogens is 1. The summed E-state index contributed by atoms with van der Waals surface area (Å²) in [6.07, 6.45) is 2.63. The third-order valence-electron chi connectivity index (χ3n) is 5.49. The van der Waals surface area contributed by atoms with Crippen molar-refractivity contribution in [3.8, 4) is 16.1 Å². The predicted octanol–water partition coefficient (Wildman–Crippen LogP) is 5.01. The van der Waals surface area contributed by atoms with Gasteiger partial charge in [0.25, 0.3) is 5.56 Å². The molecule has 0 atom stereocenters. The highest BCUT2D eigenvalue weighted by atomic mass is 35.5. The third-order valence-corrected chi connectivity index (χ3v) is 6.90. The summed E-state index contributed by atoms with van der Waals surface area (Å²) in [4.78, 5) is 24.5. The molecule has 0 saturated carbocycles. The molecule has 0 spiro atoms. The van der Waals surface area contributed by atoms with Gasteiger partial charge in [-0.15, -0.1) is 11.3 Å². The largest absolute Gasteiger partial charge is 0.357 e. The van der Waals surface area contributed by atoms with E-state index < -0.39 is 0 Å². The number of hydrogen-bond acceptors (Lipinski definition) is 4. The number of nitrogens with one attached hydrogen (secondary N) is 1. The molecular formula is C24H23ClN5OS+. The molecule has 162 valence electrons. The van der Waals surface area contributed by atoms with Crippen molar-refractivity contribution in [1.82, 2.24) is 14.5 Å². The fourth-order valence-corrected chi connectivity index (χ4v) is 5.13. The Kier molecular flexibility index (Phi) is 5.23. The summed E-state index contributed by atoms with van der Waals surface area (Å²) in [6, 6.07) is 15.6. The quantitative estimate of drug-likeness (QED) is 0.372. The molecule has 5 rings (SSSR count). The van der Waals surface area contributed by atoms with E-state index in [0.29, 0.717) is 15.2 Å². The van der Waals surface area contributed by atoms with E-state index in [1.807, 2.05) is 56.6 Å². The molecule has 0 bridgehead atoms. The first-order chi connectivity index (χ1) is 15.5. The number of imidazole rings is 1. The van der Waals surface area contributed by atoms with E-state index in [2.05, 4.69) is 32.4 Å². The van der Waals surface area contributed by atoms with E-state index in [4.69, 9.17) is 11.6 Å². The van der Waals surface area contributed by atoms with Crippen LogP contribution in [0.15, 0.2) is 59.7 Å². The summed E-state index contributed by atoms with van der Waals surface area (Å²) in [7, 11) is 4.05. The van der Waals surface area contributed by atoms with Crippen molar-refractivity contribution in [3.05, 3.63) is 70.2 Å². The zero-order valence-electron chi connectivity index (χ0n) is 18.1. The molecule has 0 fully saturated rings. The maximum Gasteiger partial charge on any atom is 0.357 e. The Morgan fingerprint density at radius 2 is 1.94 bits per heavy atom. The fraction of sp³-hybridized carbons (Fsp3) is 0.208. The Morgan fingerprint density at radius 3 is 2.66 bits per heavy atom. The van der Waals surface area contributed by atoms with Crippen LogP contribution in [0, 0.1) is 0 Å². The van der Waals surface area contributed by atoms with Crippen molar-refractivity contribution in [2.24, 2.45) is 0 Å². The van der Waals surface area contributed by atoms with Crippen molar-refractivity contribution in [2.45, 2.75) is 19.9 Å². The smallest absolute Gasteiger partial charge is 0.270 e. The number of aromatic nitrogens is 4. The number of aromatic amines is 1. The number of rotatable bonds is 5. The second-order valence-electron chi connectivity index (χ2n) is 7.95. The lowest BCUT2D eigenvalue weighted by Crippen LogP contribution is -2.38. The van der Waals surface area contributed by atoms with Gasteiger partial charge in [-0.1, -0.05) is 30.7 Å². The number of anilines is 1. The molecule has 0 saturated heterocycles. The minimum Gasteiger partial charge on any atom is -0.270 e. The first-order valence-electron chi connectivity index (χ1n) is 10.5. The Bertz CT molecular complexity index is 1500. The number of nitrogens with zero attached hydrogens (tertiary/aromatic N) is 4. The highest BCUT2D eigenvalue weighted by Gasteiger charge is 2.20. The number of fused-ring (bicyclic) bond motifs is 2. The lowest BCUT2D eigenvalue weighted by molar-refractivity contribution is -0.658. The van der Waals surface area contributed by atoms with Crippen molar-refractivity contribution in [2.75, 3.05) is 19.0 Å². The monoisotopic (exact) mass is 464 g/mol. The van der Waals surface area contributed by atoms with Gasteiger partial charge in [0.05, 0.1) is 31.8 Å². The molecule has 0 aliphatic heterocycles. The number of benzene rings is 2. The van der Waals surface area contributed by atoms with E-state index in [-0.39, 0.29) is 5.56 Å². The summed E-state index contributed by atoms with van der Waals surface area (Å²) in [5, 5.41) is 0.688. The third kappa shape index (κ3) is 3.47. The van der Waals surface area contributed by atoms with Gasteiger partial charge in [0.15, 0.2) is 0 Å². The SMILES string of the molecule is CCC[n+]1c(N(C)C)[nH]c2ccc(-n3cnc4cc(-c5ccc(Cl)cc5)sc4c3=O)cc21. The maximum absolute atomic E-state index is 13.4. The first-order valence-corrected chi connectivity index (χ1v) is 11.7. The summed E-state index contributed by atoms with van der Waals surface area (Å²) in [5.41, 5.74) is 4.56. The molecule has 3 aromatic heterocycles. The minimum atomic E-state index is -0.0648. The number of aryl methyl sites for hydroxylation is 1. The zero-order chi connectivity index (χ0) is 22.4. The van der Waals surface area contributed by atoms with Crippen LogP contribution in [0.25, 0.3) is 37.4 Å². The van der Waals surface area contributed by atoms with Gasteiger partial charge in [0, 0.05) is 16.0 Å². The van der Waals surface area contributed by atoms with Crippen molar-refractivity contribution in [3.63, 3.8) is 0 Å². The molecule has 6 nitrogen and oxygen atoms in total. The molecule has 8 heteroatoms. The van der Waals surface area contributed by atoms with E-state index in [1.165, 1.54) is 11.3 Å². The highest BCUT2D eigenvalue weighted by Crippen LogP contribution is 2.31. The second-order valence-corrected chi connectivity index (χ2v) is 9.44. The number of hydrogen-bond donors (Lipinski definition) is 1. The van der Waals surface area contributed by atoms with Crippen molar-refractivity contribution in [1.29, 1.82) is 0 Å². The molecule has 32 heavy (non-hydrogen) atoms. The predicted molar refractivity (Wildman–Crippen MR) is 132 cm³/mol. The molecular weight excluding hydrogens is 442 g/mol. The van der Waals surface area contributed by atoms with Gasteiger partial charge >= 0.3 is 5.95 Å². The summed E-state index contributed by atoms with van der Waals surface area (Å²) in [6.45, 7) is 3.05. The van der Waals surface area contributed by atoms with Crippen LogP contribution in [0.5, 0.6) is 0 Å². The van der Waals surface area contributed by atoms with Crippen LogP contribution in [0.2, 0.25) is 5.02 Å². The Hall–Kier alpha value is -3.16. The van der Waals surface area contributed by atoms with E-state index in [1.54, 1.807) is 10.9 Å². The van der Waals surface area contributed by atoms with Gasteiger partial charge in [0.2, 0.25) is 0 Å². The first kappa shape index (κ1) is 20.7. The average molecular weight is 465 g/mol. The molecule has 1 N–H and O–H groups in total. The molecule has 2 aromatic carbocycles. The Morgan fingerprint density at radius 1 is 1.16 bits per heavy atom. The standard InChI is InChI=1S/C24H22ClN5OS/c1-4-11-29-20-12-17(9-10-18(20)27-24(29)28(2)3)30-14-26-19-13-21(32-22(19)23(30)31)15-5-7-16(25)8-6-15/h5-10,12-14H,4,11H2,1-3H3/p+1. The normalized spacial score (nSPS) is 11.5. The van der Waals surface area contributed by atoms with Crippen molar-refractivity contribution < 1.29 is 4.57 Å². The van der Waals surface area contributed by atoms with Gasteiger partial charge in [0.1, 0.15) is 22.1 Å². The maximum atomic E-state index is 13.4. The van der Waals surface area contributed by atoms with Crippen LogP contribution in [0.4, 0.5) is 5.95 Å². The molecule has 0 amide bonds. The average Bonchev–Trinajstić information content (AvgIpc) is 3.37. The van der Waals surface area contributed by atoms with Gasteiger partial charge in [-0.05, 0) is 42.3 Å². The van der Waals surface area contributed by atoms with Crippen LogP contribution < -0.4 is 15.0 Å². The van der Waals surface area contributed by atoms with Gasteiger partial charge in [-0.25, -0.2) is 14.5 Å². The van der Waals surface area contributed by atoms with Crippen LogP contribution in [-0.2, 0) is 6.54 Å². The van der Waals surface area contributed by atoms with Crippen LogP contribution in [0.3, 0.4) is 0 Å².